The molecule has 0 saturated carbocycles. The first-order valence-electron chi connectivity index (χ1n) is 11.8. The number of esters is 2. The summed E-state index contributed by atoms with van der Waals surface area (Å²) in [6, 6.07) is 19.3. The molecule has 0 spiro atoms. The predicted molar refractivity (Wildman–Crippen MR) is 145 cm³/mol. The van der Waals surface area contributed by atoms with E-state index >= 15 is 0 Å². The van der Waals surface area contributed by atoms with Gasteiger partial charge < -0.3 is 23.7 Å². The molecule has 0 aliphatic heterocycles. The maximum Gasteiger partial charge on any atom is 0.315 e. The van der Waals surface area contributed by atoms with Crippen molar-refractivity contribution in [1.82, 2.24) is 0 Å². The Morgan fingerprint density at radius 3 is 1.61 bits per heavy atom. The van der Waals surface area contributed by atoms with Crippen molar-refractivity contribution in [1.29, 1.82) is 0 Å². The highest BCUT2D eigenvalue weighted by molar-refractivity contribution is 6.31. The zero-order chi connectivity index (χ0) is 27.2. The zero-order valence-electron chi connectivity index (χ0n) is 21.5. The van der Waals surface area contributed by atoms with Crippen LogP contribution in [0.2, 0.25) is 5.02 Å². The van der Waals surface area contributed by atoms with Crippen LogP contribution in [0.1, 0.15) is 16.7 Å². The van der Waals surface area contributed by atoms with Crippen LogP contribution >= 0.6 is 11.6 Å². The van der Waals surface area contributed by atoms with Gasteiger partial charge in [-0.25, -0.2) is 0 Å². The minimum absolute atomic E-state index is 0.0415. The SMILES string of the molecule is COc1ccc(CC(=O)Oc2c(C)c(OC)c(OC(=O)Cc3ccc(OC)cc3)c3ccc(Cl)cc23)cc1. The smallest absolute Gasteiger partial charge is 0.315 e. The van der Waals surface area contributed by atoms with Gasteiger partial charge in [0.1, 0.15) is 17.2 Å². The van der Waals surface area contributed by atoms with Gasteiger partial charge in [-0.2, -0.15) is 0 Å². The van der Waals surface area contributed by atoms with Crippen LogP contribution in [0.15, 0.2) is 66.7 Å². The third-order valence-electron chi connectivity index (χ3n) is 6.01. The Morgan fingerprint density at radius 2 is 1.13 bits per heavy atom. The fourth-order valence-electron chi connectivity index (χ4n) is 4.10. The number of rotatable bonds is 9. The molecule has 4 rings (SSSR count). The van der Waals surface area contributed by atoms with Crippen LogP contribution < -0.4 is 23.7 Å². The van der Waals surface area contributed by atoms with Crippen molar-refractivity contribution in [3.8, 4) is 28.7 Å². The average Bonchev–Trinajstić information content (AvgIpc) is 2.92. The normalized spacial score (nSPS) is 10.7. The zero-order valence-corrected chi connectivity index (χ0v) is 22.3. The number of carbonyl (C=O) groups excluding carboxylic acids is 2. The van der Waals surface area contributed by atoms with Crippen LogP contribution in [0.3, 0.4) is 0 Å². The number of methoxy groups -OCH3 is 3. The maximum atomic E-state index is 12.9. The second kappa shape index (κ2) is 11.9. The number of carbonyl (C=O) groups is 2. The highest BCUT2D eigenvalue weighted by Gasteiger charge is 2.24. The third-order valence-corrected chi connectivity index (χ3v) is 6.24. The lowest BCUT2D eigenvalue weighted by atomic mass is 10.0. The predicted octanol–water partition coefficient (Wildman–Crippen LogP) is 6.12. The van der Waals surface area contributed by atoms with Crippen LogP contribution in [-0.4, -0.2) is 33.3 Å². The molecule has 0 fully saturated rings. The van der Waals surface area contributed by atoms with Gasteiger partial charge in [-0.15, -0.1) is 0 Å². The van der Waals surface area contributed by atoms with Crippen LogP contribution in [-0.2, 0) is 22.4 Å². The molecular weight excluding hydrogens is 508 g/mol. The van der Waals surface area contributed by atoms with E-state index < -0.39 is 11.9 Å². The molecule has 0 bridgehead atoms. The largest absolute Gasteiger partial charge is 0.497 e. The van der Waals surface area contributed by atoms with Gasteiger partial charge in [0, 0.05) is 21.4 Å². The number of benzene rings is 4. The van der Waals surface area contributed by atoms with Crippen molar-refractivity contribution in [2.24, 2.45) is 0 Å². The van der Waals surface area contributed by atoms with Crippen molar-refractivity contribution in [2.75, 3.05) is 21.3 Å². The molecule has 0 unspecified atom stereocenters. The van der Waals surface area contributed by atoms with Gasteiger partial charge in [-0.05, 0) is 60.5 Å². The highest BCUT2D eigenvalue weighted by Crippen LogP contribution is 2.46. The van der Waals surface area contributed by atoms with E-state index in [1.807, 2.05) is 0 Å². The monoisotopic (exact) mass is 534 g/mol. The molecule has 0 atom stereocenters. The van der Waals surface area contributed by atoms with Crippen molar-refractivity contribution in [2.45, 2.75) is 19.8 Å². The molecule has 4 aromatic rings. The molecule has 4 aromatic carbocycles. The summed E-state index contributed by atoms with van der Waals surface area (Å²) < 4.78 is 27.6. The Kier molecular flexibility index (Phi) is 8.38. The third kappa shape index (κ3) is 6.01. The summed E-state index contributed by atoms with van der Waals surface area (Å²) in [5.41, 5.74) is 2.03. The lowest BCUT2D eigenvalue weighted by Crippen LogP contribution is -2.15. The van der Waals surface area contributed by atoms with E-state index in [1.54, 1.807) is 87.9 Å². The molecule has 0 aliphatic rings. The van der Waals surface area contributed by atoms with Gasteiger partial charge in [-0.3, -0.25) is 9.59 Å². The molecule has 0 saturated heterocycles. The van der Waals surface area contributed by atoms with E-state index in [9.17, 15) is 9.59 Å². The van der Waals surface area contributed by atoms with E-state index in [0.29, 0.717) is 32.9 Å². The average molecular weight is 535 g/mol. The number of hydrogen-bond donors (Lipinski definition) is 0. The quantitative estimate of drug-likeness (QED) is 0.189. The Balaban J connectivity index is 1.65. The van der Waals surface area contributed by atoms with Crippen molar-refractivity contribution in [3.05, 3.63) is 88.4 Å². The molecular formula is C30H27ClO7. The Hall–Kier alpha value is -4.23. The molecule has 0 N–H and O–H groups in total. The summed E-state index contributed by atoms with van der Waals surface area (Å²) in [6.07, 6.45) is 0.0896. The van der Waals surface area contributed by atoms with Crippen LogP contribution in [0.5, 0.6) is 28.7 Å². The summed E-state index contributed by atoms with van der Waals surface area (Å²) in [5.74, 6) is 1.24. The minimum Gasteiger partial charge on any atom is -0.497 e. The fraction of sp³-hybridized carbons (Fsp3) is 0.200. The molecule has 0 radical (unpaired) electrons. The van der Waals surface area contributed by atoms with Gasteiger partial charge in [0.25, 0.3) is 0 Å². The van der Waals surface area contributed by atoms with E-state index in [2.05, 4.69) is 0 Å². The lowest BCUT2D eigenvalue weighted by molar-refractivity contribution is -0.134. The number of hydrogen-bond acceptors (Lipinski definition) is 7. The van der Waals surface area contributed by atoms with Crippen LogP contribution in [0.25, 0.3) is 10.8 Å². The number of fused-ring (bicyclic) bond motifs is 1. The molecule has 7 nitrogen and oxygen atoms in total. The second-order valence-electron chi connectivity index (χ2n) is 8.50. The van der Waals surface area contributed by atoms with E-state index in [0.717, 1.165) is 11.1 Å². The van der Waals surface area contributed by atoms with E-state index in [-0.39, 0.29) is 30.1 Å². The van der Waals surface area contributed by atoms with Crippen molar-refractivity contribution >= 4 is 34.3 Å². The highest BCUT2D eigenvalue weighted by atomic mass is 35.5. The topological polar surface area (TPSA) is 80.3 Å². The maximum absolute atomic E-state index is 12.9. The molecule has 8 heteroatoms. The molecule has 196 valence electrons. The lowest BCUT2D eigenvalue weighted by Gasteiger charge is -2.19. The van der Waals surface area contributed by atoms with Gasteiger partial charge >= 0.3 is 11.9 Å². The minimum atomic E-state index is -0.478. The Labute approximate surface area is 225 Å². The van der Waals surface area contributed by atoms with Gasteiger partial charge in [0.15, 0.2) is 11.5 Å². The van der Waals surface area contributed by atoms with E-state index in [4.69, 9.17) is 35.3 Å². The Bertz CT molecular complexity index is 1460. The Morgan fingerprint density at radius 1 is 0.632 bits per heavy atom. The molecule has 0 amide bonds. The first kappa shape index (κ1) is 26.8. The van der Waals surface area contributed by atoms with E-state index in [1.165, 1.54) is 7.11 Å². The molecule has 0 aromatic heterocycles. The summed E-state index contributed by atoms with van der Waals surface area (Å²) in [5, 5.41) is 1.48. The van der Waals surface area contributed by atoms with Gasteiger partial charge in [0.05, 0.1) is 34.2 Å². The summed E-state index contributed by atoms with van der Waals surface area (Å²) in [6.45, 7) is 1.73. The van der Waals surface area contributed by atoms with Crippen molar-refractivity contribution in [3.63, 3.8) is 0 Å². The summed E-state index contributed by atoms with van der Waals surface area (Å²) in [4.78, 5) is 25.8. The van der Waals surface area contributed by atoms with Gasteiger partial charge in [0.2, 0.25) is 0 Å². The van der Waals surface area contributed by atoms with Crippen LogP contribution in [0, 0.1) is 6.92 Å². The van der Waals surface area contributed by atoms with Gasteiger partial charge in [-0.1, -0.05) is 35.9 Å². The number of halogens is 1. The number of ether oxygens (including phenoxy) is 5. The first-order valence-corrected chi connectivity index (χ1v) is 12.2. The first-order chi connectivity index (χ1) is 18.3. The van der Waals surface area contributed by atoms with Crippen molar-refractivity contribution < 1.29 is 33.3 Å². The summed E-state index contributed by atoms with van der Waals surface area (Å²) in [7, 11) is 4.62. The second-order valence-corrected chi connectivity index (χ2v) is 8.94. The molecule has 0 heterocycles. The standard InChI is InChI=1S/C30H27ClO7/c1-18-28(37-26(32)15-19-5-10-22(34-2)11-6-19)25-17-21(31)9-14-24(25)30(29(18)36-4)38-27(33)16-20-7-12-23(35-3)13-8-20/h5-14,17H,15-16H2,1-4H3. The fourth-order valence-corrected chi connectivity index (χ4v) is 4.27. The summed E-state index contributed by atoms with van der Waals surface area (Å²) >= 11 is 6.30. The van der Waals surface area contributed by atoms with Crippen LogP contribution in [0.4, 0.5) is 0 Å². The molecule has 38 heavy (non-hydrogen) atoms. The molecule has 0 aliphatic carbocycles.